The molecule has 2 heterocycles. The number of anilines is 1. The molecule has 1 unspecified atom stereocenters. The van der Waals surface area contributed by atoms with Gasteiger partial charge in [-0.2, -0.15) is 5.10 Å². The predicted octanol–water partition coefficient (Wildman–Crippen LogP) is 1.68. The Morgan fingerprint density at radius 1 is 1.33 bits per heavy atom. The van der Waals surface area contributed by atoms with E-state index in [-0.39, 0.29) is 18.6 Å². The van der Waals surface area contributed by atoms with Gasteiger partial charge in [-0.1, -0.05) is 6.07 Å². The van der Waals surface area contributed by atoms with Crippen LogP contribution in [0.25, 0.3) is 0 Å². The highest BCUT2D eigenvalue weighted by Crippen LogP contribution is 2.15. The van der Waals surface area contributed by atoms with Gasteiger partial charge in [0, 0.05) is 37.6 Å². The minimum absolute atomic E-state index is 0.0121. The Morgan fingerprint density at radius 3 is 2.75 bits per heavy atom. The first-order valence-corrected chi connectivity index (χ1v) is 8.11. The third-order valence-corrected chi connectivity index (χ3v) is 3.83. The van der Waals surface area contributed by atoms with Crippen LogP contribution in [0.4, 0.5) is 5.82 Å². The van der Waals surface area contributed by atoms with Crippen molar-refractivity contribution in [3.8, 4) is 0 Å². The molecule has 0 radical (unpaired) electrons. The molecule has 0 aliphatic rings. The molecule has 0 fully saturated rings. The fourth-order valence-electron chi connectivity index (χ4n) is 2.49. The van der Waals surface area contributed by atoms with Crippen LogP contribution in [0.5, 0.6) is 0 Å². The summed E-state index contributed by atoms with van der Waals surface area (Å²) in [5, 5.41) is 16.5. The van der Waals surface area contributed by atoms with Crippen LogP contribution in [-0.2, 0) is 11.3 Å². The van der Waals surface area contributed by atoms with E-state index in [1.807, 2.05) is 37.8 Å². The van der Waals surface area contributed by atoms with Crippen molar-refractivity contribution in [2.75, 3.05) is 18.5 Å². The lowest BCUT2D eigenvalue weighted by Crippen LogP contribution is -2.43. The Balaban J connectivity index is 2.06. The summed E-state index contributed by atoms with van der Waals surface area (Å²) in [6, 6.07) is 5.36. The van der Waals surface area contributed by atoms with Crippen molar-refractivity contribution in [2.24, 2.45) is 0 Å². The number of hydrogen-bond donors (Lipinski definition) is 2. The lowest BCUT2D eigenvalue weighted by Gasteiger charge is -2.27. The number of hydrogen-bond acceptors (Lipinski definition) is 5. The van der Waals surface area contributed by atoms with Crippen LogP contribution in [0.3, 0.4) is 0 Å². The van der Waals surface area contributed by atoms with Gasteiger partial charge in [-0.25, -0.2) is 4.68 Å². The van der Waals surface area contributed by atoms with E-state index in [1.54, 1.807) is 29.3 Å². The summed E-state index contributed by atoms with van der Waals surface area (Å²) in [5.74, 6) is 0.543. The minimum Gasteiger partial charge on any atom is -0.395 e. The minimum atomic E-state index is -0.395. The molecule has 24 heavy (non-hydrogen) atoms. The average Bonchev–Trinajstić information content (AvgIpc) is 3.03. The molecule has 1 amide bonds. The number of pyridine rings is 1. The fraction of sp³-hybridized carbons (Fsp3) is 0.471. The van der Waals surface area contributed by atoms with E-state index >= 15 is 0 Å². The Hall–Kier alpha value is -2.25. The molecule has 2 rings (SSSR count). The van der Waals surface area contributed by atoms with Gasteiger partial charge >= 0.3 is 0 Å². The van der Waals surface area contributed by atoms with E-state index in [4.69, 9.17) is 0 Å². The molecule has 0 aliphatic heterocycles. The number of rotatable bonds is 8. The Bertz CT molecular complexity index is 641. The molecule has 2 N–H and O–H groups in total. The standard InChI is InChI=1S/C17H25N5O2/c1-13(2)22-16(6-8-19-22)20-17(24)14(3)21(9-10-23)12-15-5-4-7-18-11-15/h4-8,11,13-14,23H,9-10,12H2,1-3H3,(H,20,24). The van der Waals surface area contributed by atoms with E-state index in [1.165, 1.54) is 0 Å². The van der Waals surface area contributed by atoms with Crippen molar-refractivity contribution < 1.29 is 9.90 Å². The summed E-state index contributed by atoms with van der Waals surface area (Å²) in [6.45, 7) is 6.79. The lowest BCUT2D eigenvalue weighted by molar-refractivity contribution is -0.121. The fourth-order valence-corrected chi connectivity index (χ4v) is 2.49. The molecular formula is C17H25N5O2. The molecule has 2 aromatic heterocycles. The van der Waals surface area contributed by atoms with E-state index in [0.717, 1.165) is 5.56 Å². The van der Waals surface area contributed by atoms with E-state index in [9.17, 15) is 9.90 Å². The smallest absolute Gasteiger partial charge is 0.242 e. The molecular weight excluding hydrogens is 306 g/mol. The molecule has 0 aliphatic carbocycles. The summed E-state index contributed by atoms with van der Waals surface area (Å²) in [5.41, 5.74) is 0.998. The van der Waals surface area contributed by atoms with Crippen LogP contribution in [0.1, 0.15) is 32.4 Å². The van der Waals surface area contributed by atoms with Gasteiger partial charge in [-0.3, -0.25) is 14.7 Å². The third kappa shape index (κ3) is 4.62. The topological polar surface area (TPSA) is 83.3 Å². The van der Waals surface area contributed by atoms with Gasteiger partial charge in [0.25, 0.3) is 0 Å². The normalized spacial score (nSPS) is 12.6. The maximum Gasteiger partial charge on any atom is 0.242 e. The van der Waals surface area contributed by atoms with Gasteiger partial charge in [0.2, 0.25) is 5.91 Å². The van der Waals surface area contributed by atoms with Gasteiger partial charge in [0.15, 0.2) is 0 Å². The average molecular weight is 331 g/mol. The molecule has 0 saturated heterocycles. The molecule has 1 atom stereocenters. The van der Waals surface area contributed by atoms with Crippen molar-refractivity contribution in [1.82, 2.24) is 19.7 Å². The summed E-state index contributed by atoms with van der Waals surface area (Å²) < 4.78 is 1.77. The molecule has 0 saturated carbocycles. The van der Waals surface area contributed by atoms with E-state index < -0.39 is 6.04 Å². The first-order valence-electron chi connectivity index (χ1n) is 8.11. The number of carbonyl (C=O) groups is 1. The van der Waals surface area contributed by atoms with Crippen molar-refractivity contribution in [2.45, 2.75) is 39.4 Å². The first-order chi connectivity index (χ1) is 11.5. The molecule has 7 heteroatoms. The highest BCUT2D eigenvalue weighted by Gasteiger charge is 2.22. The van der Waals surface area contributed by atoms with Gasteiger partial charge in [-0.15, -0.1) is 0 Å². The van der Waals surface area contributed by atoms with Crippen molar-refractivity contribution in [3.63, 3.8) is 0 Å². The number of aliphatic hydroxyl groups excluding tert-OH is 1. The number of aromatic nitrogens is 3. The molecule has 2 aromatic rings. The van der Waals surface area contributed by atoms with Crippen LogP contribution in [-0.4, -0.2) is 49.9 Å². The van der Waals surface area contributed by atoms with Crippen LogP contribution >= 0.6 is 0 Å². The monoisotopic (exact) mass is 331 g/mol. The second-order valence-corrected chi connectivity index (χ2v) is 5.98. The Labute approximate surface area is 142 Å². The Kier molecular flexibility index (Phi) is 6.45. The quantitative estimate of drug-likeness (QED) is 0.769. The number of nitrogens with one attached hydrogen (secondary N) is 1. The second kappa shape index (κ2) is 8.56. The van der Waals surface area contributed by atoms with Gasteiger partial charge in [0.1, 0.15) is 5.82 Å². The number of aliphatic hydroxyl groups is 1. The largest absolute Gasteiger partial charge is 0.395 e. The third-order valence-electron chi connectivity index (χ3n) is 3.83. The summed E-state index contributed by atoms with van der Waals surface area (Å²) in [6.07, 6.45) is 5.15. The van der Waals surface area contributed by atoms with Crippen LogP contribution in [0, 0.1) is 0 Å². The van der Waals surface area contributed by atoms with Crippen LogP contribution < -0.4 is 5.32 Å². The molecule has 0 aromatic carbocycles. The van der Waals surface area contributed by atoms with Crippen molar-refractivity contribution in [3.05, 3.63) is 42.4 Å². The molecule has 130 valence electrons. The van der Waals surface area contributed by atoms with Gasteiger partial charge in [-0.05, 0) is 32.4 Å². The molecule has 7 nitrogen and oxygen atoms in total. The summed E-state index contributed by atoms with van der Waals surface area (Å²) in [4.78, 5) is 18.6. The second-order valence-electron chi connectivity index (χ2n) is 5.98. The number of amides is 1. The van der Waals surface area contributed by atoms with Gasteiger partial charge in [0.05, 0.1) is 18.8 Å². The van der Waals surface area contributed by atoms with Crippen LogP contribution in [0.15, 0.2) is 36.8 Å². The zero-order valence-corrected chi connectivity index (χ0v) is 14.4. The van der Waals surface area contributed by atoms with Crippen LogP contribution in [0.2, 0.25) is 0 Å². The van der Waals surface area contributed by atoms with Crippen molar-refractivity contribution >= 4 is 11.7 Å². The zero-order valence-electron chi connectivity index (χ0n) is 14.4. The Morgan fingerprint density at radius 2 is 2.12 bits per heavy atom. The maximum atomic E-state index is 12.6. The lowest BCUT2D eigenvalue weighted by atomic mass is 10.2. The number of carbonyl (C=O) groups excluding carboxylic acids is 1. The highest BCUT2D eigenvalue weighted by atomic mass is 16.3. The van der Waals surface area contributed by atoms with E-state index in [0.29, 0.717) is 18.9 Å². The highest BCUT2D eigenvalue weighted by molar-refractivity contribution is 5.93. The molecule has 0 spiro atoms. The summed E-state index contributed by atoms with van der Waals surface area (Å²) >= 11 is 0. The summed E-state index contributed by atoms with van der Waals surface area (Å²) in [7, 11) is 0. The van der Waals surface area contributed by atoms with Crippen molar-refractivity contribution in [1.29, 1.82) is 0 Å². The maximum absolute atomic E-state index is 12.6. The first kappa shape index (κ1) is 18.1. The predicted molar refractivity (Wildman–Crippen MR) is 92.4 cm³/mol. The zero-order chi connectivity index (χ0) is 17.5. The molecule has 0 bridgehead atoms. The SMILES string of the molecule is CC(C(=O)Nc1ccnn1C(C)C)N(CCO)Cc1cccnc1. The van der Waals surface area contributed by atoms with Gasteiger partial charge < -0.3 is 10.4 Å². The number of nitrogens with zero attached hydrogens (tertiary/aromatic N) is 4. The van der Waals surface area contributed by atoms with E-state index in [2.05, 4.69) is 15.4 Å².